The second-order valence-electron chi connectivity index (χ2n) is 18.7. The van der Waals surface area contributed by atoms with Crippen molar-refractivity contribution >= 4 is 5.91 Å². The molecule has 12 atom stereocenters. The number of unbranched alkanes of at least 4 members (excludes halogenated alkanes) is 27. The SMILES string of the molecule is CCCCCCCCCCCCCCCCCCC(O)C(COC1OC(CO)C(OC2OC(CO)C(O)C(O)C2O)C(O)C1O)NC(=O)CCCCCCCCCCCCCCC. The molecule has 1 amide bonds. The molecule has 2 aliphatic heterocycles. The molecule has 9 N–H and O–H groups in total. The van der Waals surface area contributed by atoms with Crippen LogP contribution in [0.4, 0.5) is 0 Å². The maximum absolute atomic E-state index is 13.2. The molecule has 14 nitrogen and oxygen atoms in total. The Hall–Kier alpha value is -1.01. The van der Waals surface area contributed by atoms with Crippen molar-refractivity contribution in [2.24, 2.45) is 0 Å². The van der Waals surface area contributed by atoms with E-state index in [1.54, 1.807) is 0 Å². The number of carbonyl (C=O) groups excluding carboxylic acids is 1. The van der Waals surface area contributed by atoms with E-state index < -0.39 is 86.8 Å². The van der Waals surface area contributed by atoms with Gasteiger partial charge in [-0.25, -0.2) is 0 Å². The highest BCUT2D eigenvalue weighted by molar-refractivity contribution is 5.76. The molecule has 0 aromatic rings. The number of aliphatic hydroxyl groups is 8. The summed E-state index contributed by atoms with van der Waals surface area (Å²) < 4.78 is 22.7. The number of ether oxygens (including phenoxy) is 4. The van der Waals surface area contributed by atoms with Crippen LogP contribution < -0.4 is 5.32 Å². The van der Waals surface area contributed by atoms with Gasteiger partial charge in [0.1, 0.15) is 48.8 Å². The fraction of sp³-hybridized carbons (Fsp3) is 0.980. The van der Waals surface area contributed by atoms with Crippen LogP contribution in [0.2, 0.25) is 0 Å². The van der Waals surface area contributed by atoms with E-state index in [0.717, 1.165) is 51.4 Å². The van der Waals surface area contributed by atoms with Crippen molar-refractivity contribution in [3.63, 3.8) is 0 Å². The zero-order valence-corrected chi connectivity index (χ0v) is 39.6. The molecule has 63 heavy (non-hydrogen) atoms. The van der Waals surface area contributed by atoms with Gasteiger partial charge in [-0.1, -0.05) is 194 Å². The number of carbonyl (C=O) groups is 1. The topological polar surface area (TPSA) is 228 Å². The number of nitrogens with one attached hydrogen (secondary N) is 1. The number of amides is 1. The van der Waals surface area contributed by atoms with E-state index >= 15 is 0 Å². The number of hydrogen-bond donors (Lipinski definition) is 9. The van der Waals surface area contributed by atoms with Crippen LogP contribution in [-0.4, -0.2) is 140 Å². The largest absolute Gasteiger partial charge is 0.394 e. The number of hydrogen-bond acceptors (Lipinski definition) is 13. The van der Waals surface area contributed by atoms with Gasteiger partial charge in [0, 0.05) is 6.42 Å². The molecule has 2 fully saturated rings. The van der Waals surface area contributed by atoms with Gasteiger partial charge in [-0.3, -0.25) is 4.79 Å². The van der Waals surface area contributed by atoms with E-state index in [1.165, 1.54) is 135 Å². The lowest BCUT2D eigenvalue weighted by molar-refractivity contribution is -0.359. The molecule has 374 valence electrons. The van der Waals surface area contributed by atoms with Crippen LogP contribution in [0.5, 0.6) is 0 Å². The molecule has 2 aliphatic rings. The summed E-state index contributed by atoms with van der Waals surface area (Å²) in [5.41, 5.74) is 0. The molecule has 0 saturated carbocycles. The molecule has 2 heterocycles. The summed E-state index contributed by atoms with van der Waals surface area (Å²) >= 11 is 0. The molecule has 12 unspecified atom stereocenters. The highest BCUT2D eigenvalue weighted by Crippen LogP contribution is 2.30. The second-order valence-corrected chi connectivity index (χ2v) is 18.7. The predicted molar refractivity (Wildman–Crippen MR) is 245 cm³/mol. The summed E-state index contributed by atoms with van der Waals surface area (Å²) in [5.74, 6) is -0.205. The van der Waals surface area contributed by atoms with Crippen molar-refractivity contribution in [2.45, 2.75) is 286 Å². The minimum atomic E-state index is -1.78. The lowest BCUT2D eigenvalue weighted by Gasteiger charge is -2.46. The molecule has 0 bridgehead atoms. The van der Waals surface area contributed by atoms with Crippen LogP contribution in [0.1, 0.15) is 213 Å². The molecule has 14 heteroatoms. The Bertz CT molecular complexity index is 1070. The average Bonchev–Trinajstić information content (AvgIpc) is 3.28. The fourth-order valence-electron chi connectivity index (χ4n) is 8.83. The smallest absolute Gasteiger partial charge is 0.220 e. The summed E-state index contributed by atoms with van der Waals surface area (Å²) in [6.07, 6.45) is 19.6. The zero-order valence-electron chi connectivity index (χ0n) is 39.6. The van der Waals surface area contributed by atoms with E-state index in [4.69, 9.17) is 18.9 Å². The predicted octanol–water partition coefficient (Wildman–Crippen LogP) is 6.61. The van der Waals surface area contributed by atoms with Crippen molar-refractivity contribution in [1.82, 2.24) is 5.32 Å². The minimum Gasteiger partial charge on any atom is -0.394 e. The van der Waals surface area contributed by atoms with Crippen LogP contribution in [0, 0.1) is 0 Å². The van der Waals surface area contributed by atoms with Gasteiger partial charge in [-0.15, -0.1) is 0 Å². The van der Waals surface area contributed by atoms with E-state index in [1.807, 2.05) is 0 Å². The van der Waals surface area contributed by atoms with Crippen molar-refractivity contribution in [2.75, 3.05) is 19.8 Å². The Labute approximate surface area is 381 Å². The van der Waals surface area contributed by atoms with Crippen LogP contribution in [0.15, 0.2) is 0 Å². The first-order chi connectivity index (χ1) is 30.6. The Balaban J connectivity index is 1.83. The Morgan fingerprint density at radius 2 is 0.905 bits per heavy atom. The second kappa shape index (κ2) is 37.0. The van der Waals surface area contributed by atoms with Gasteiger partial charge in [0.2, 0.25) is 5.91 Å². The molecular formula is C49H95NO13. The van der Waals surface area contributed by atoms with Gasteiger partial charge in [-0.2, -0.15) is 0 Å². The van der Waals surface area contributed by atoms with E-state index in [-0.39, 0.29) is 12.5 Å². The normalized spacial score (nSPS) is 27.4. The molecular weight excluding hydrogens is 811 g/mol. The zero-order chi connectivity index (χ0) is 46.1. The lowest BCUT2D eigenvalue weighted by atomic mass is 9.97. The number of rotatable bonds is 40. The summed E-state index contributed by atoms with van der Waals surface area (Å²) in [4.78, 5) is 13.2. The summed E-state index contributed by atoms with van der Waals surface area (Å²) in [5, 5.41) is 86.9. The van der Waals surface area contributed by atoms with Crippen LogP contribution in [0.3, 0.4) is 0 Å². The molecule has 0 radical (unpaired) electrons. The first-order valence-corrected chi connectivity index (χ1v) is 25.8. The van der Waals surface area contributed by atoms with Crippen LogP contribution in [-0.2, 0) is 23.7 Å². The molecule has 0 aliphatic carbocycles. The van der Waals surface area contributed by atoms with Crippen LogP contribution >= 0.6 is 0 Å². The third-order valence-corrected chi connectivity index (χ3v) is 13.1. The highest BCUT2D eigenvalue weighted by Gasteiger charge is 2.51. The van der Waals surface area contributed by atoms with E-state index in [2.05, 4.69) is 19.2 Å². The first kappa shape index (κ1) is 58.1. The van der Waals surface area contributed by atoms with Gasteiger partial charge in [0.25, 0.3) is 0 Å². The third kappa shape index (κ3) is 24.5. The van der Waals surface area contributed by atoms with Gasteiger partial charge >= 0.3 is 0 Å². The van der Waals surface area contributed by atoms with E-state index in [9.17, 15) is 45.6 Å². The summed E-state index contributed by atoms with van der Waals surface area (Å²) in [7, 11) is 0. The minimum absolute atomic E-state index is 0.205. The quantitative estimate of drug-likeness (QED) is 0.0296. The fourth-order valence-corrected chi connectivity index (χ4v) is 8.83. The highest BCUT2D eigenvalue weighted by atomic mass is 16.7. The maximum Gasteiger partial charge on any atom is 0.220 e. The average molecular weight is 906 g/mol. The molecule has 2 saturated heterocycles. The third-order valence-electron chi connectivity index (χ3n) is 13.1. The number of aliphatic hydroxyl groups excluding tert-OH is 8. The van der Waals surface area contributed by atoms with Crippen molar-refractivity contribution in [3.8, 4) is 0 Å². The lowest BCUT2D eigenvalue weighted by Crippen LogP contribution is -2.65. The van der Waals surface area contributed by atoms with Gasteiger partial charge in [0.05, 0.1) is 32.0 Å². The van der Waals surface area contributed by atoms with Crippen molar-refractivity contribution in [1.29, 1.82) is 0 Å². The Kier molecular flexibility index (Phi) is 34.2. The molecule has 0 aromatic carbocycles. The van der Waals surface area contributed by atoms with Crippen molar-refractivity contribution in [3.05, 3.63) is 0 Å². The van der Waals surface area contributed by atoms with E-state index in [0.29, 0.717) is 12.8 Å². The van der Waals surface area contributed by atoms with Gasteiger partial charge in [-0.05, 0) is 12.8 Å². The van der Waals surface area contributed by atoms with Crippen molar-refractivity contribution < 1.29 is 64.6 Å². The Morgan fingerprint density at radius 1 is 0.508 bits per heavy atom. The first-order valence-electron chi connectivity index (χ1n) is 25.8. The maximum atomic E-state index is 13.2. The molecule has 0 aromatic heterocycles. The summed E-state index contributed by atoms with van der Waals surface area (Å²) in [6.45, 7) is 2.86. The summed E-state index contributed by atoms with van der Waals surface area (Å²) in [6, 6.07) is -0.820. The van der Waals surface area contributed by atoms with Gasteiger partial charge < -0.3 is 65.1 Å². The molecule has 0 spiro atoms. The van der Waals surface area contributed by atoms with Gasteiger partial charge in [0.15, 0.2) is 12.6 Å². The van der Waals surface area contributed by atoms with Crippen LogP contribution in [0.25, 0.3) is 0 Å². The molecule has 2 rings (SSSR count). The standard InChI is InChI=1S/C49H95NO13/c1-3-5-7-9-11-13-15-17-18-19-21-22-24-26-28-30-32-38(53)37(50-41(54)33-31-29-27-25-23-20-16-14-12-10-8-6-4-2)36-60-48-46(59)44(57)47(40(35-52)62-48)63-49-45(58)43(56)42(55)39(34-51)61-49/h37-40,42-49,51-53,55-59H,3-36H2,1-2H3,(H,50,54). The Morgan fingerprint density at radius 3 is 1.35 bits per heavy atom. The monoisotopic (exact) mass is 906 g/mol.